The van der Waals surface area contributed by atoms with Crippen molar-refractivity contribution in [2.75, 3.05) is 26.0 Å². The molecule has 0 unspecified atom stereocenters. The molecule has 0 atom stereocenters. The number of hydrogen-bond acceptors (Lipinski definition) is 4. The molecule has 1 saturated heterocycles. The summed E-state index contributed by atoms with van der Waals surface area (Å²) in [6.45, 7) is 7.27. The fraction of sp³-hybridized carbons (Fsp3) is 0.692. The summed E-state index contributed by atoms with van der Waals surface area (Å²) in [7, 11) is -3.30. The normalized spacial score (nSPS) is 23.5. The molecule has 7 heteroatoms. The van der Waals surface area contributed by atoms with E-state index in [9.17, 15) is 13.5 Å². The lowest BCUT2D eigenvalue weighted by Gasteiger charge is -2.42. The van der Waals surface area contributed by atoms with E-state index < -0.39 is 10.0 Å². The molecule has 1 aromatic carbocycles. The number of sulfonamides is 1. The lowest BCUT2D eigenvalue weighted by molar-refractivity contribution is 0.0888. The van der Waals surface area contributed by atoms with Gasteiger partial charge in [-0.1, -0.05) is 32.0 Å². The quantitative estimate of drug-likeness (QED) is 0.603. The Morgan fingerprint density at radius 3 is 2.30 bits per heavy atom. The number of rotatable bonds is 8. The number of aliphatic hydroxyl groups is 1. The van der Waals surface area contributed by atoms with Crippen LogP contribution in [-0.4, -0.2) is 55.0 Å². The Labute approximate surface area is 199 Å². The van der Waals surface area contributed by atoms with E-state index >= 15 is 0 Å². The average Bonchev–Trinajstić information content (AvgIpc) is 3.11. The molecular formula is C26H41N3O3S. The van der Waals surface area contributed by atoms with Crippen molar-refractivity contribution < 1.29 is 13.5 Å². The minimum Gasteiger partial charge on any atom is -0.396 e. The fourth-order valence-corrected chi connectivity index (χ4v) is 6.63. The number of aliphatic hydroxyl groups excluding tert-OH is 1. The smallest absolute Gasteiger partial charge is 0.209 e. The molecule has 0 amide bonds. The third-order valence-corrected chi connectivity index (χ3v) is 8.72. The van der Waals surface area contributed by atoms with Crippen LogP contribution >= 0.6 is 0 Å². The molecule has 4 rings (SSSR count). The van der Waals surface area contributed by atoms with Gasteiger partial charge in [-0.2, -0.15) is 0 Å². The van der Waals surface area contributed by atoms with Gasteiger partial charge >= 0.3 is 0 Å². The van der Waals surface area contributed by atoms with Crippen molar-refractivity contribution in [2.24, 2.45) is 11.8 Å². The van der Waals surface area contributed by atoms with Gasteiger partial charge in [-0.25, -0.2) is 13.1 Å². The lowest BCUT2D eigenvalue weighted by Crippen LogP contribution is -2.44. The topological polar surface area (TPSA) is 74.6 Å². The maximum Gasteiger partial charge on any atom is 0.209 e. The van der Waals surface area contributed by atoms with Crippen molar-refractivity contribution in [1.82, 2.24) is 14.2 Å². The standard InChI is InChI=1S/C26H41N3O3S/c1-19(2)20-8-10-21(11-9-20)28-15-12-22(13-16-28)29-25-7-5-4-6-23(25)24(26(29)14-17-30)18-27-33(3,31)32/h4-7,19-22,27,30H,8-18H2,1-3H3. The minimum absolute atomic E-state index is 0.0557. The van der Waals surface area contributed by atoms with Crippen LogP contribution in [0, 0.1) is 11.8 Å². The van der Waals surface area contributed by atoms with Gasteiger partial charge in [0, 0.05) is 61.3 Å². The molecule has 0 bridgehead atoms. The molecule has 0 radical (unpaired) electrons. The number of likely N-dealkylation sites (tertiary alicyclic amines) is 1. The zero-order valence-electron chi connectivity index (χ0n) is 20.5. The first-order valence-corrected chi connectivity index (χ1v) is 14.6. The zero-order chi connectivity index (χ0) is 23.6. The van der Waals surface area contributed by atoms with E-state index in [0.717, 1.165) is 66.0 Å². The number of nitrogens with zero attached hydrogens (tertiary/aromatic N) is 2. The van der Waals surface area contributed by atoms with Gasteiger partial charge in [0.05, 0.1) is 6.26 Å². The summed E-state index contributed by atoms with van der Waals surface area (Å²) in [5, 5.41) is 10.9. The number of fused-ring (bicyclic) bond motifs is 1. The first-order valence-electron chi connectivity index (χ1n) is 12.7. The monoisotopic (exact) mass is 475 g/mol. The molecule has 33 heavy (non-hydrogen) atoms. The van der Waals surface area contributed by atoms with Gasteiger partial charge in [-0.05, 0) is 62.0 Å². The fourth-order valence-electron chi connectivity index (χ4n) is 6.22. The molecule has 1 aliphatic heterocycles. The molecule has 0 spiro atoms. The third-order valence-electron chi connectivity index (χ3n) is 8.05. The number of aromatic nitrogens is 1. The maximum atomic E-state index is 11.8. The van der Waals surface area contributed by atoms with E-state index in [1.165, 1.54) is 31.9 Å². The van der Waals surface area contributed by atoms with Crippen LogP contribution in [0.3, 0.4) is 0 Å². The Balaban J connectivity index is 1.53. The van der Waals surface area contributed by atoms with Gasteiger partial charge in [0.2, 0.25) is 10.0 Å². The second-order valence-electron chi connectivity index (χ2n) is 10.5. The summed E-state index contributed by atoms with van der Waals surface area (Å²) in [6.07, 6.45) is 9.31. The molecule has 2 heterocycles. The highest BCUT2D eigenvalue weighted by Gasteiger charge is 2.31. The summed E-state index contributed by atoms with van der Waals surface area (Å²) >= 11 is 0. The second-order valence-corrected chi connectivity index (χ2v) is 12.3. The van der Waals surface area contributed by atoms with Crippen LogP contribution in [-0.2, 0) is 23.0 Å². The number of nitrogens with one attached hydrogen (secondary N) is 1. The van der Waals surface area contributed by atoms with E-state index in [-0.39, 0.29) is 13.2 Å². The van der Waals surface area contributed by atoms with Crippen LogP contribution in [0.15, 0.2) is 24.3 Å². The van der Waals surface area contributed by atoms with Crippen molar-refractivity contribution in [3.05, 3.63) is 35.5 Å². The molecule has 2 fully saturated rings. The van der Waals surface area contributed by atoms with E-state index in [2.05, 4.69) is 46.2 Å². The largest absolute Gasteiger partial charge is 0.396 e. The molecule has 2 aromatic rings. The summed E-state index contributed by atoms with van der Waals surface area (Å²) in [5.41, 5.74) is 3.23. The van der Waals surface area contributed by atoms with E-state index in [4.69, 9.17) is 0 Å². The van der Waals surface area contributed by atoms with Crippen LogP contribution in [0.4, 0.5) is 0 Å². The zero-order valence-corrected chi connectivity index (χ0v) is 21.3. The predicted molar refractivity (Wildman–Crippen MR) is 135 cm³/mol. The molecule has 2 aliphatic rings. The molecule has 1 aliphatic carbocycles. The molecule has 1 aromatic heterocycles. The Kier molecular flexibility index (Phi) is 7.83. The van der Waals surface area contributed by atoms with Gasteiger partial charge in [0.15, 0.2) is 0 Å². The van der Waals surface area contributed by atoms with Gasteiger partial charge in [0.1, 0.15) is 0 Å². The predicted octanol–water partition coefficient (Wildman–Crippen LogP) is 4.08. The highest BCUT2D eigenvalue weighted by Crippen LogP contribution is 2.37. The van der Waals surface area contributed by atoms with E-state index in [0.29, 0.717) is 12.5 Å². The summed E-state index contributed by atoms with van der Waals surface area (Å²) < 4.78 is 28.7. The maximum absolute atomic E-state index is 11.8. The van der Waals surface area contributed by atoms with Gasteiger partial charge < -0.3 is 14.6 Å². The number of para-hydroxylation sites is 1. The van der Waals surface area contributed by atoms with Crippen LogP contribution < -0.4 is 4.72 Å². The van der Waals surface area contributed by atoms with Crippen molar-refractivity contribution in [3.8, 4) is 0 Å². The van der Waals surface area contributed by atoms with Crippen molar-refractivity contribution in [2.45, 2.75) is 77.4 Å². The highest BCUT2D eigenvalue weighted by molar-refractivity contribution is 7.88. The van der Waals surface area contributed by atoms with Gasteiger partial charge in [-0.3, -0.25) is 0 Å². The number of hydrogen-bond donors (Lipinski definition) is 2. The van der Waals surface area contributed by atoms with Crippen molar-refractivity contribution in [1.29, 1.82) is 0 Å². The van der Waals surface area contributed by atoms with E-state index in [1.807, 2.05) is 6.07 Å². The summed E-state index contributed by atoms with van der Waals surface area (Å²) in [4.78, 5) is 2.72. The van der Waals surface area contributed by atoms with Crippen molar-refractivity contribution >= 4 is 20.9 Å². The minimum atomic E-state index is -3.30. The second kappa shape index (κ2) is 10.5. The van der Waals surface area contributed by atoms with Crippen LogP contribution in [0.25, 0.3) is 10.9 Å². The van der Waals surface area contributed by atoms with Crippen molar-refractivity contribution in [3.63, 3.8) is 0 Å². The molecular weight excluding hydrogens is 434 g/mol. The highest BCUT2D eigenvalue weighted by atomic mass is 32.2. The molecule has 2 N–H and O–H groups in total. The van der Waals surface area contributed by atoms with Crippen LogP contribution in [0.2, 0.25) is 0 Å². The lowest BCUT2D eigenvalue weighted by atomic mass is 9.79. The van der Waals surface area contributed by atoms with Crippen LogP contribution in [0.5, 0.6) is 0 Å². The first kappa shape index (κ1) is 24.7. The summed E-state index contributed by atoms with van der Waals surface area (Å²) in [5.74, 6) is 1.69. The molecule has 184 valence electrons. The SMILES string of the molecule is CC(C)C1CCC(N2CCC(n3c(CCO)c(CNS(C)(=O)=O)c4ccccc43)CC2)CC1. The average molecular weight is 476 g/mol. The summed E-state index contributed by atoms with van der Waals surface area (Å²) in [6, 6.07) is 9.39. The molecule has 1 saturated carbocycles. The molecule has 6 nitrogen and oxygen atoms in total. The Bertz CT molecular complexity index is 1030. The first-order chi connectivity index (χ1) is 15.8. The number of benzene rings is 1. The third kappa shape index (κ3) is 5.64. The Morgan fingerprint density at radius 1 is 1.03 bits per heavy atom. The number of piperidine rings is 1. The van der Waals surface area contributed by atoms with Gasteiger partial charge in [-0.15, -0.1) is 0 Å². The van der Waals surface area contributed by atoms with E-state index in [1.54, 1.807) is 0 Å². The Morgan fingerprint density at radius 2 is 1.70 bits per heavy atom. The van der Waals surface area contributed by atoms with Gasteiger partial charge in [0.25, 0.3) is 0 Å². The Hall–Kier alpha value is -1.41. The van der Waals surface area contributed by atoms with Crippen LogP contribution in [0.1, 0.15) is 69.7 Å².